The number of esters is 1. The molecule has 188 valence electrons. The fourth-order valence-electron chi connectivity index (χ4n) is 9.01. The van der Waals surface area contributed by atoms with Crippen LogP contribution in [0.5, 0.6) is 0 Å². The molecule has 3 fully saturated rings. The van der Waals surface area contributed by atoms with Crippen molar-refractivity contribution in [3.8, 4) is 0 Å². The maximum absolute atomic E-state index is 13.5. The van der Waals surface area contributed by atoms with Gasteiger partial charge in [0.25, 0.3) is 0 Å². The van der Waals surface area contributed by atoms with Crippen molar-refractivity contribution in [3.63, 3.8) is 0 Å². The molecular formula is C29H42O5. The minimum Gasteiger partial charge on any atom is -0.452 e. The summed E-state index contributed by atoms with van der Waals surface area (Å²) in [7, 11) is 0. The summed E-state index contributed by atoms with van der Waals surface area (Å²) in [4.78, 5) is 25.5. The van der Waals surface area contributed by atoms with Crippen molar-refractivity contribution >= 4 is 11.8 Å². The highest BCUT2D eigenvalue weighted by Gasteiger charge is 2.62. The Morgan fingerprint density at radius 3 is 2.44 bits per heavy atom. The Labute approximate surface area is 204 Å². The molecule has 5 aliphatic rings. The van der Waals surface area contributed by atoms with E-state index in [0.29, 0.717) is 24.2 Å². The Balaban J connectivity index is 1.40. The minimum absolute atomic E-state index is 0.00255. The van der Waals surface area contributed by atoms with E-state index in [9.17, 15) is 19.8 Å². The van der Waals surface area contributed by atoms with E-state index >= 15 is 0 Å². The summed E-state index contributed by atoms with van der Waals surface area (Å²) >= 11 is 0. The molecule has 3 saturated carbocycles. The largest absolute Gasteiger partial charge is 0.452 e. The van der Waals surface area contributed by atoms with Gasteiger partial charge in [0.15, 0.2) is 11.9 Å². The Hall–Kier alpha value is -1.46. The molecule has 5 heteroatoms. The number of hydrogen-bond acceptors (Lipinski definition) is 5. The highest BCUT2D eigenvalue weighted by molar-refractivity contribution is 5.94. The second-order valence-corrected chi connectivity index (χ2v) is 12.9. The van der Waals surface area contributed by atoms with Crippen LogP contribution in [0.3, 0.4) is 0 Å². The van der Waals surface area contributed by atoms with E-state index < -0.39 is 12.2 Å². The topological polar surface area (TPSA) is 83.8 Å². The standard InChI is InChI=1S/C29H42O5/c1-15(2)19-14-24(32)34-27(19)26(33)16(3)20-6-7-21-25-22(9-11-29(20,21)5)28(4)10-8-18(30)12-17(28)13-23(25)31/h13-16,18,20-22,25-27,30,33H,6-12H2,1-5H3. The molecule has 4 aliphatic carbocycles. The quantitative estimate of drug-likeness (QED) is 0.586. The Bertz CT molecular complexity index is 933. The van der Waals surface area contributed by atoms with Gasteiger partial charge < -0.3 is 14.9 Å². The highest BCUT2D eigenvalue weighted by Crippen LogP contribution is 2.66. The zero-order valence-electron chi connectivity index (χ0n) is 21.4. The summed E-state index contributed by atoms with van der Waals surface area (Å²) in [5, 5.41) is 21.6. The molecule has 2 N–H and O–H groups in total. The lowest BCUT2D eigenvalue weighted by Gasteiger charge is -2.57. The molecule has 5 rings (SSSR count). The maximum atomic E-state index is 13.5. The third-order valence-electron chi connectivity index (χ3n) is 11.0. The van der Waals surface area contributed by atoms with Crippen molar-refractivity contribution in [2.45, 2.75) is 97.9 Å². The first-order valence-corrected chi connectivity index (χ1v) is 13.5. The summed E-state index contributed by atoms with van der Waals surface area (Å²) in [6.07, 6.45) is 8.40. The van der Waals surface area contributed by atoms with Gasteiger partial charge in [0.05, 0.1) is 12.2 Å². The van der Waals surface area contributed by atoms with Crippen LogP contribution in [0.15, 0.2) is 23.3 Å². The number of cyclic esters (lactones) is 1. The second kappa shape index (κ2) is 8.30. The molecule has 0 aromatic rings. The van der Waals surface area contributed by atoms with Crippen LogP contribution in [-0.4, -0.2) is 40.3 Å². The van der Waals surface area contributed by atoms with Gasteiger partial charge in [0.1, 0.15) is 0 Å². The molecule has 1 aliphatic heterocycles. The predicted molar refractivity (Wildman–Crippen MR) is 130 cm³/mol. The number of carbonyl (C=O) groups excluding carboxylic acids is 2. The zero-order chi connectivity index (χ0) is 24.6. The molecule has 10 atom stereocenters. The van der Waals surface area contributed by atoms with Crippen molar-refractivity contribution < 1.29 is 24.5 Å². The summed E-state index contributed by atoms with van der Waals surface area (Å²) in [6.45, 7) is 10.9. The van der Waals surface area contributed by atoms with Crippen LogP contribution in [0.25, 0.3) is 0 Å². The van der Waals surface area contributed by atoms with E-state index in [2.05, 4.69) is 20.8 Å². The molecule has 1 heterocycles. The first-order valence-electron chi connectivity index (χ1n) is 13.5. The summed E-state index contributed by atoms with van der Waals surface area (Å²) in [5.74, 6) is 1.07. The normalized spacial score (nSPS) is 45.6. The molecule has 0 amide bonds. The van der Waals surface area contributed by atoms with Crippen LogP contribution in [0.4, 0.5) is 0 Å². The molecule has 0 bridgehead atoms. The first-order chi connectivity index (χ1) is 16.0. The van der Waals surface area contributed by atoms with E-state index in [1.165, 1.54) is 5.57 Å². The van der Waals surface area contributed by atoms with E-state index in [1.54, 1.807) is 6.08 Å². The molecule has 0 aromatic heterocycles. The average molecular weight is 471 g/mol. The van der Waals surface area contributed by atoms with Gasteiger partial charge in [0, 0.05) is 12.0 Å². The Morgan fingerprint density at radius 1 is 1.00 bits per heavy atom. The number of aliphatic hydroxyl groups is 2. The van der Waals surface area contributed by atoms with Gasteiger partial charge in [0.2, 0.25) is 0 Å². The number of ketones is 1. The van der Waals surface area contributed by atoms with Crippen molar-refractivity contribution in [3.05, 3.63) is 23.3 Å². The molecule has 5 nitrogen and oxygen atoms in total. The van der Waals surface area contributed by atoms with Gasteiger partial charge >= 0.3 is 5.97 Å². The third kappa shape index (κ3) is 3.48. The third-order valence-corrected chi connectivity index (χ3v) is 11.0. The molecule has 0 spiro atoms. The van der Waals surface area contributed by atoms with Crippen LogP contribution < -0.4 is 0 Å². The van der Waals surface area contributed by atoms with Crippen LogP contribution in [-0.2, 0) is 14.3 Å². The van der Waals surface area contributed by atoms with Crippen LogP contribution in [0.1, 0.15) is 79.6 Å². The number of allylic oxidation sites excluding steroid dienone is 1. The van der Waals surface area contributed by atoms with Gasteiger partial charge in [-0.25, -0.2) is 4.79 Å². The molecule has 0 saturated heterocycles. The van der Waals surface area contributed by atoms with Gasteiger partial charge in [-0.3, -0.25) is 4.79 Å². The lowest BCUT2D eigenvalue weighted by molar-refractivity contribution is -0.148. The van der Waals surface area contributed by atoms with Crippen LogP contribution >= 0.6 is 0 Å². The summed E-state index contributed by atoms with van der Waals surface area (Å²) in [5.41, 5.74) is 2.09. The highest BCUT2D eigenvalue weighted by atomic mass is 16.6. The van der Waals surface area contributed by atoms with Crippen LogP contribution in [0.2, 0.25) is 0 Å². The smallest absolute Gasteiger partial charge is 0.331 e. The lowest BCUT2D eigenvalue weighted by atomic mass is 9.46. The van der Waals surface area contributed by atoms with Crippen molar-refractivity contribution in [1.82, 2.24) is 0 Å². The lowest BCUT2D eigenvalue weighted by Crippen LogP contribution is -2.54. The molecule has 10 unspecified atom stereocenters. The Kier molecular flexibility index (Phi) is 5.92. The van der Waals surface area contributed by atoms with Crippen molar-refractivity contribution in [2.24, 2.45) is 46.3 Å². The number of ether oxygens (including phenoxy) is 1. The monoisotopic (exact) mass is 470 g/mol. The van der Waals surface area contributed by atoms with Crippen molar-refractivity contribution in [2.75, 3.05) is 0 Å². The molecule has 0 aromatic carbocycles. The number of aliphatic hydroxyl groups excluding tert-OH is 2. The number of fused-ring (bicyclic) bond motifs is 5. The van der Waals surface area contributed by atoms with E-state index in [1.807, 2.05) is 19.9 Å². The Morgan fingerprint density at radius 2 is 1.74 bits per heavy atom. The SMILES string of the molecule is CC(C)C1=CC(=O)OC1C(O)C(C)C1CCC2C3C(=O)C=C4CC(O)CCC4(C)C3CCC12C. The number of rotatable bonds is 4. The number of carbonyl (C=O) groups is 2. The summed E-state index contributed by atoms with van der Waals surface area (Å²) in [6, 6.07) is 0. The maximum Gasteiger partial charge on any atom is 0.331 e. The second-order valence-electron chi connectivity index (χ2n) is 12.9. The first kappa shape index (κ1) is 24.2. The fourth-order valence-corrected chi connectivity index (χ4v) is 9.01. The van der Waals surface area contributed by atoms with Gasteiger partial charge in [-0.2, -0.15) is 0 Å². The van der Waals surface area contributed by atoms with Gasteiger partial charge in [-0.1, -0.05) is 40.2 Å². The van der Waals surface area contributed by atoms with E-state index in [4.69, 9.17) is 4.74 Å². The van der Waals surface area contributed by atoms with E-state index in [0.717, 1.165) is 44.1 Å². The van der Waals surface area contributed by atoms with Crippen molar-refractivity contribution in [1.29, 1.82) is 0 Å². The average Bonchev–Trinajstić information content (AvgIpc) is 3.34. The molecule has 34 heavy (non-hydrogen) atoms. The fraction of sp³-hybridized carbons (Fsp3) is 0.793. The predicted octanol–water partition coefficient (Wildman–Crippen LogP) is 4.61. The molecule has 0 radical (unpaired) electrons. The van der Waals surface area contributed by atoms with Crippen LogP contribution in [0, 0.1) is 46.3 Å². The van der Waals surface area contributed by atoms with Gasteiger partial charge in [-0.15, -0.1) is 0 Å². The number of hydrogen-bond donors (Lipinski definition) is 2. The van der Waals surface area contributed by atoms with E-state index in [-0.39, 0.29) is 46.4 Å². The molecular weight excluding hydrogens is 428 g/mol. The summed E-state index contributed by atoms with van der Waals surface area (Å²) < 4.78 is 5.57. The zero-order valence-corrected chi connectivity index (χ0v) is 21.4. The van der Waals surface area contributed by atoms with Gasteiger partial charge in [-0.05, 0) is 97.0 Å². The minimum atomic E-state index is -0.732.